The van der Waals surface area contributed by atoms with Crippen molar-refractivity contribution in [2.75, 3.05) is 18.9 Å². The quantitative estimate of drug-likeness (QED) is 0.824. The molecule has 0 saturated heterocycles. The molecule has 0 radical (unpaired) electrons. The molecule has 0 spiro atoms. The Morgan fingerprint density at radius 1 is 1.30 bits per heavy atom. The molecule has 0 aliphatic carbocycles. The Bertz CT molecular complexity index is 510. The van der Waals surface area contributed by atoms with Gasteiger partial charge in [0.15, 0.2) is 5.78 Å². The van der Waals surface area contributed by atoms with Crippen molar-refractivity contribution < 1.29 is 14.3 Å². The third-order valence-electron chi connectivity index (χ3n) is 2.26. The molecule has 0 atom stereocenters. The lowest BCUT2D eigenvalue weighted by Gasteiger charge is -2.20. The fourth-order valence-electron chi connectivity index (χ4n) is 1.47. The molecule has 0 aliphatic heterocycles. The Morgan fingerprint density at radius 2 is 1.95 bits per heavy atom. The second-order valence-electron chi connectivity index (χ2n) is 5.28. The molecule has 0 aliphatic rings. The van der Waals surface area contributed by atoms with E-state index in [1.807, 2.05) is 0 Å². The number of hydrogen-bond acceptors (Lipinski definition) is 4. The molecule has 0 bridgehead atoms. The van der Waals surface area contributed by atoms with Crippen LogP contribution < -0.4 is 10.6 Å². The van der Waals surface area contributed by atoms with Crippen LogP contribution in [-0.4, -0.2) is 31.1 Å². The van der Waals surface area contributed by atoms with Gasteiger partial charge in [0.25, 0.3) is 0 Å². The van der Waals surface area contributed by atoms with Crippen molar-refractivity contribution in [2.24, 2.45) is 0 Å². The highest BCUT2D eigenvalue weighted by Gasteiger charge is 2.17. The Hall–Kier alpha value is -1.40. The molecule has 1 rings (SSSR count). The van der Waals surface area contributed by atoms with E-state index >= 15 is 0 Å². The maximum atomic E-state index is 11.8. The predicted molar refractivity (Wildman–Crippen MR) is 82.3 cm³/mol. The van der Waals surface area contributed by atoms with Gasteiger partial charge in [0, 0.05) is 10.0 Å². The summed E-state index contributed by atoms with van der Waals surface area (Å²) in [6.45, 7) is 5.60. The minimum absolute atomic E-state index is 0.0489. The Morgan fingerprint density at radius 3 is 2.50 bits per heavy atom. The number of benzene rings is 1. The van der Waals surface area contributed by atoms with Crippen LogP contribution in [0.5, 0.6) is 0 Å². The number of Topliss-reactive ketones (excluding diaryl/α,β-unsaturated/α-hetero) is 1. The highest BCUT2D eigenvalue weighted by Crippen LogP contribution is 2.24. The highest BCUT2D eigenvalue weighted by atomic mass is 79.9. The molecule has 110 valence electrons. The SMILES string of the molecule is CNCC(=O)c1ccc(Br)c(NC(=O)OC(C)(C)C)c1. The summed E-state index contributed by atoms with van der Waals surface area (Å²) in [7, 11) is 1.70. The lowest BCUT2D eigenvalue weighted by atomic mass is 10.1. The van der Waals surface area contributed by atoms with Gasteiger partial charge >= 0.3 is 6.09 Å². The molecule has 2 N–H and O–H groups in total. The standard InChI is InChI=1S/C14H19BrN2O3/c1-14(2,3)20-13(19)17-11-7-9(5-6-10(11)15)12(18)8-16-4/h5-7,16H,8H2,1-4H3,(H,17,19). The highest BCUT2D eigenvalue weighted by molar-refractivity contribution is 9.10. The number of halogens is 1. The topological polar surface area (TPSA) is 67.4 Å². The van der Waals surface area contributed by atoms with Gasteiger partial charge in [-0.3, -0.25) is 10.1 Å². The van der Waals surface area contributed by atoms with Gasteiger partial charge in [-0.2, -0.15) is 0 Å². The zero-order valence-corrected chi connectivity index (χ0v) is 13.6. The monoisotopic (exact) mass is 342 g/mol. The molecule has 0 fully saturated rings. The molecular weight excluding hydrogens is 324 g/mol. The first-order valence-corrected chi connectivity index (χ1v) is 6.99. The van der Waals surface area contributed by atoms with E-state index in [9.17, 15) is 9.59 Å². The minimum atomic E-state index is -0.573. The van der Waals surface area contributed by atoms with Crippen molar-refractivity contribution >= 4 is 33.5 Å². The zero-order valence-electron chi connectivity index (χ0n) is 12.0. The number of likely N-dealkylation sites (N-methyl/N-ethyl adjacent to an activating group) is 1. The van der Waals surface area contributed by atoms with Crippen LogP contribution in [0.1, 0.15) is 31.1 Å². The molecule has 0 saturated carbocycles. The molecular formula is C14H19BrN2O3. The largest absolute Gasteiger partial charge is 0.444 e. The van der Waals surface area contributed by atoms with Crippen molar-refractivity contribution in [3.63, 3.8) is 0 Å². The summed E-state index contributed by atoms with van der Waals surface area (Å²) in [4.78, 5) is 23.5. The first-order valence-electron chi connectivity index (χ1n) is 6.20. The molecule has 20 heavy (non-hydrogen) atoms. The van der Waals surface area contributed by atoms with Gasteiger partial charge in [-0.15, -0.1) is 0 Å². The van der Waals surface area contributed by atoms with Crippen molar-refractivity contribution in [3.05, 3.63) is 28.2 Å². The summed E-state index contributed by atoms with van der Waals surface area (Å²) in [5.41, 5.74) is 0.450. The number of ether oxygens (including phenoxy) is 1. The second kappa shape index (κ2) is 6.85. The van der Waals surface area contributed by atoms with E-state index in [0.717, 1.165) is 0 Å². The van der Waals surface area contributed by atoms with Gasteiger partial charge in [0.2, 0.25) is 0 Å². The molecule has 6 heteroatoms. The number of carbonyl (C=O) groups excluding carboxylic acids is 2. The summed E-state index contributed by atoms with van der Waals surface area (Å²) in [6, 6.07) is 5.04. The fourth-order valence-corrected chi connectivity index (χ4v) is 1.82. The van der Waals surface area contributed by atoms with E-state index in [1.165, 1.54) is 0 Å². The van der Waals surface area contributed by atoms with E-state index < -0.39 is 11.7 Å². The number of ketones is 1. The summed E-state index contributed by atoms with van der Waals surface area (Å²) >= 11 is 3.33. The molecule has 0 aromatic heterocycles. The Labute approximate surface area is 127 Å². The van der Waals surface area contributed by atoms with Gasteiger partial charge in [0.05, 0.1) is 12.2 Å². The number of nitrogens with one attached hydrogen (secondary N) is 2. The van der Waals surface area contributed by atoms with Crippen molar-refractivity contribution in [2.45, 2.75) is 26.4 Å². The number of carbonyl (C=O) groups is 2. The number of amides is 1. The third-order valence-corrected chi connectivity index (χ3v) is 2.95. The Kier molecular flexibility index (Phi) is 5.71. The van der Waals surface area contributed by atoms with Gasteiger partial charge in [-0.1, -0.05) is 6.07 Å². The molecule has 1 aromatic rings. The van der Waals surface area contributed by atoms with Crippen LogP contribution in [0.3, 0.4) is 0 Å². The van der Waals surface area contributed by atoms with Gasteiger partial charge in [-0.05, 0) is 55.9 Å². The maximum Gasteiger partial charge on any atom is 0.412 e. The smallest absolute Gasteiger partial charge is 0.412 e. The average Bonchev–Trinajstić information content (AvgIpc) is 2.29. The van der Waals surface area contributed by atoms with E-state index in [1.54, 1.807) is 46.0 Å². The lowest BCUT2D eigenvalue weighted by molar-refractivity contribution is 0.0635. The zero-order chi connectivity index (χ0) is 15.3. The number of hydrogen-bond donors (Lipinski definition) is 2. The summed E-state index contributed by atoms with van der Waals surface area (Å²) in [5, 5.41) is 5.42. The Balaban J connectivity index is 2.87. The van der Waals surface area contributed by atoms with E-state index in [-0.39, 0.29) is 12.3 Å². The number of anilines is 1. The first-order chi connectivity index (χ1) is 9.23. The molecule has 5 nitrogen and oxygen atoms in total. The summed E-state index contributed by atoms with van der Waals surface area (Å²) in [6.07, 6.45) is -0.559. The average molecular weight is 343 g/mol. The van der Waals surface area contributed by atoms with Crippen LogP contribution >= 0.6 is 15.9 Å². The number of rotatable bonds is 4. The fraction of sp³-hybridized carbons (Fsp3) is 0.429. The normalized spacial score (nSPS) is 11.1. The van der Waals surface area contributed by atoms with Crippen LogP contribution in [0.25, 0.3) is 0 Å². The molecule has 0 unspecified atom stereocenters. The minimum Gasteiger partial charge on any atom is -0.444 e. The van der Waals surface area contributed by atoms with Gasteiger partial charge in [-0.25, -0.2) is 4.79 Å². The van der Waals surface area contributed by atoms with E-state index in [4.69, 9.17) is 4.74 Å². The molecule has 1 aromatic carbocycles. The van der Waals surface area contributed by atoms with Crippen molar-refractivity contribution in [3.8, 4) is 0 Å². The molecule has 0 heterocycles. The second-order valence-corrected chi connectivity index (χ2v) is 6.13. The van der Waals surface area contributed by atoms with Gasteiger partial charge < -0.3 is 10.1 Å². The summed E-state index contributed by atoms with van der Waals surface area (Å²) < 4.78 is 5.86. The third kappa shape index (κ3) is 5.30. The maximum absolute atomic E-state index is 11.8. The lowest BCUT2D eigenvalue weighted by Crippen LogP contribution is -2.27. The van der Waals surface area contributed by atoms with Crippen LogP contribution in [0.4, 0.5) is 10.5 Å². The van der Waals surface area contributed by atoms with E-state index in [2.05, 4.69) is 26.6 Å². The predicted octanol–water partition coefficient (Wildman–Crippen LogP) is 3.20. The van der Waals surface area contributed by atoms with Crippen LogP contribution in [0.15, 0.2) is 22.7 Å². The van der Waals surface area contributed by atoms with Crippen LogP contribution in [0.2, 0.25) is 0 Å². The van der Waals surface area contributed by atoms with E-state index in [0.29, 0.717) is 15.7 Å². The first kappa shape index (κ1) is 16.7. The van der Waals surface area contributed by atoms with Crippen LogP contribution in [0, 0.1) is 0 Å². The van der Waals surface area contributed by atoms with Crippen LogP contribution in [-0.2, 0) is 4.74 Å². The van der Waals surface area contributed by atoms with Crippen molar-refractivity contribution in [1.29, 1.82) is 0 Å². The van der Waals surface area contributed by atoms with Crippen molar-refractivity contribution in [1.82, 2.24) is 5.32 Å². The van der Waals surface area contributed by atoms with Gasteiger partial charge in [0.1, 0.15) is 5.60 Å². The summed E-state index contributed by atoms with van der Waals surface area (Å²) in [5.74, 6) is -0.0489. The molecule has 1 amide bonds.